The summed E-state index contributed by atoms with van der Waals surface area (Å²) in [6.45, 7) is 2.30. The molecule has 2 N–H and O–H groups in total. The maximum atomic E-state index is 12.8. The Morgan fingerprint density at radius 1 is 1.62 bits per heavy atom. The fourth-order valence-electron chi connectivity index (χ4n) is 1.38. The average molecular weight is 179 g/mol. The Morgan fingerprint density at radius 2 is 2.38 bits per heavy atom. The summed E-state index contributed by atoms with van der Waals surface area (Å²) in [6.07, 6.45) is 1.66. The monoisotopic (exact) mass is 179 g/mol. The average Bonchev–Trinajstić information content (AvgIpc) is 2.42. The van der Waals surface area contributed by atoms with E-state index in [1.54, 1.807) is 6.20 Å². The van der Waals surface area contributed by atoms with Gasteiger partial charge in [-0.2, -0.15) is 0 Å². The van der Waals surface area contributed by atoms with E-state index in [1.165, 1.54) is 12.1 Å². The zero-order valence-corrected chi connectivity index (χ0v) is 7.29. The summed E-state index contributed by atoms with van der Waals surface area (Å²) in [5.74, 6) is -0.277. The number of halogens is 1. The molecule has 0 bridgehead atoms. The molecule has 0 fully saturated rings. The van der Waals surface area contributed by atoms with Crippen LogP contribution in [0.5, 0.6) is 0 Å². The van der Waals surface area contributed by atoms with Crippen LogP contribution in [-0.2, 0) is 6.54 Å². The van der Waals surface area contributed by atoms with Gasteiger partial charge in [-0.3, -0.25) is 0 Å². The van der Waals surface area contributed by atoms with Gasteiger partial charge in [0.2, 0.25) is 0 Å². The SMILES string of the molecule is Cc1c(CN)nc2cc(F)ccn12. The molecule has 2 heterocycles. The van der Waals surface area contributed by atoms with E-state index >= 15 is 0 Å². The Bertz CT molecular complexity index is 447. The third kappa shape index (κ3) is 1.19. The van der Waals surface area contributed by atoms with Crippen molar-refractivity contribution in [2.24, 2.45) is 5.73 Å². The predicted octanol–water partition coefficient (Wildman–Crippen LogP) is 1.24. The van der Waals surface area contributed by atoms with Gasteiger partial charge in [0.05, 0.1) is 5.69 Å². The summed E-state index contributed by atoms with van der Waals surface area (Å²) in [4.78, 5) is 4.19. The highest BCUT2D eigenvalue weighted by Gasteiger charge is 2.06. The lowest BCUT2D eigenvalue weighted by Gasteiger charge is -1.95. The minimum atomic E-state index is -0.277. The van der Waals surface area contributed by atoms with Crippen molar-refractivity contribution in [2.75, 3.05) is 0 Å². The summed E-state index contributed by atoms with van der Waals surface area (Å²) < 4.78 is 14.6. The van der Waals surface area contributed by atoms with Gasteiger partial charge in [-0.25, -0.2) is 9.37 Å². The third-order valence-electron chi connectivity index (χ3n) is 2.12. The Kier molecular flexibility index (Phi) is 1.77. The standard InChI is InChI=1S/C9H10FN3/c1-6-8(5-11)12-9-4-7(10)2-3-13(6)9/h2-4H,5,11H2,1H3. The number of pyridine rings is 1. The summed E-state index contributed by atoms with van der Waals surface area (Å²) in [7, 11) is 0. The minimum absolute atomic E-state index is 0.277. The molecule has 13 heavy (non-hydrogen) atoms. The lowest BCUT2D eigenvalue weighted by Crippen LogP contribution is -1.98. The number of nitrogens with two attached hydrogens (primary N) is 1. The molecule has 0 saturated carbocycles. The molecule has 0 amide bonds. The molecule has 3 nitrogen and oxygen atoms in total. The number of nitrogens with zero attached hydrogens (tertiary/aromatic N) is 2. The van der Waals surface area contributed by atoms with Crippen LogP contribution in [-0.4, -0.2) is 9.38 Å². The zero-order chi connectivity index (χ0) is 9.42. The first-order chi connectivity index (χ1) is 6.22. The topological polar surface area (TPSA) is 43.3 Å². The maximum Gasteiger partial charge on any atom is 0.140 e. The molecule has 0 saturated heterocycles. The smallest absolute Gasteiger partial charge is 0.140 e. The molecule has 2 aromatic heterocycles. The highest BCUT2D eigenvalue weighted by molar-refractivity contribution is 5.43. The molecule has 68 valence electrons. The number of rotatable bonds is 1. The van der Waals surface area contributed by atoms with Crippen LogP contribution in [0.2, 0.25) is 0 Å². The lowest BCUT2D eigenvalue weighted by atomic mass is 10.3. The van der Waals surface area contributed by atoms with Gasteiger partial charge >= 0.3 is 0 Å². The van der Waals surface area contributed by atoms with Crippen molar-refractivity contribution in [1.29, 1.82) is 0 Å². The van der Waals surface area contributed by atoms with Crippen LogP contribution in [0, 0.1) is 12.7 Å². The third-order valence-corrected chi connectivity index (χ3v) is 2.12. The molecule has 0 radical (unpaired) electrons. The Morgan fingerprint density at radius 3 is 3.08 bits per heavy atom. The second kappa shape index (κ2) is 2.81. The molecule has 2 rings (SSSR count). The van der Waals surface area contributed by atoms with Gasteiger partial charge in [-0.15, -0.1) is 0 Å². The van der Waals surface area contributed by atoms with Crippen LogP contribution in [0.4, 0.5) is 4.39 Å². The maximum absolute atomic E-state index is 12.8. The largest absolute Gasteiger partial charge is 0.325 e. The zero-order valence-electron chi connectivity index (χ0n) is 7.29. The number of fused-ring (bicyclic) bond motifs is 1. The van der Waals surface area contributed by atoms with Gasteiger partial charge in [0.1, 0.15) is 11.5 Å². The number of hydrogen-bond donors (Lipinski definition) is 1. The normalized spacial score (nSPS) is 11.0. The van der Waals surface area contributed by atoms with Crippen molar-refractivity contribution in [2.45, 2.75) is 13.5 Å². The van der Waals surface area contributed by atoms with Crippen LogP contribution in [0.15, 0.2) is 18.3 Å². The molecule has 4 heteroatoms. The van der Waals surface area contributed by atoms with E-state index in [0.717, 1.165) is 11.4 Å². The molecule has 0 aliphatic heterocycles. The second-order valence-corrected chi connectivity index (χ2v) is 2.92. The molecule has 0 unspecified atom stereocenters. The van der Waals surface area contributed by atoms with Gasteiger partial charge in [0, 0.05) is 24.5 Å². The van der Waals surface area contributed by atoms with Gasteiger partial charge in [-0.1, -0.05) is 0 Å². The van der Waals surface area contributed by atoms with E-state index in [4.69, 9.17) is 5.73 Å². The van der Waals surface area contributed by atoms with Gasteiger partial charge in [-0.05, 0) is 13.0 Å². The molecule has 0 spiro atoms. The molecule has 0 atom stereocenters. The first-order valence-corrected chi connectivity index (χ1v) is 4.05. The minimum Gasteiger partial charge on any atom is -0.325 e. The summed E-state index contributed by atoms with van der Waals surface area (Å²) in [5, 5.41) is 0. The van der Waals surface area contributed by atoms with Crippen LogP contribution in [0.25, 0.3) is 5.65 Å². The summed E-state index contributed by atoms with van der Waals surface area (Å²) >= 11 is 0. The number of hydrogen-bond acceptors (Lipinski definition) is 2. The number of aryl methyl sites for hydroxylation is 1. The van der Waals surface area contributed by atoms with Crippen molar-refractivity contribution in [3.63, 3.8) is 0 Å². The van der Waals surface area contributed by atoms with Crippen molar-refractivity contribution < 1.29 is 4.39 Å². The quantitative estimate of drug-likeness (QED) is 0.715. The van der Waals surface area contributed by atoms with E-state index in [1.807, 2.05) is 11.3 Å². The van der Waals surface area contributed by atoms with Crippen molar-refractivity contribution in [3.05, 3.63) is 35.5 Å². The van der Waals surface area contributed by atoms with E-state index in [2.05, 4.69) is 4.98 Å². The molecule has 0 aliphatic carbocycles. The first kappa shape index (κ1) is 8.19. The highest BCUT2D eigenvalue weighted by Crippen LogP contribution is 2.11. The van der Waals surface area contributed by atoms with E-state index in [-0.39, 0.29) is 5.82 Å². The number of imidazole rings is 1. The van der Waals surface area contributed by atoms with Crippen LogP contribution in [0.1, 0.15) is 11.4 Å². The van der Waals surface area contributed by atoms with Gasteiger partial charge < -0.3 is 10.1 Å². The van der Waals surface area contributed by atoms with Crippen molar-refractivity contribution in [3.8, 4) is 0 Å². The van der Waals surface area contributed by atoms with Crippen LogP contribution >= 0.6 is 0 Å². The molecular formula is C9H10FN3. The Labute approximate surface area is 75.0 Å². The van der Waals surface area contributed by atoms with Crippen LogP contribution in [0.3, 0.4) is 0 Å². The predicted molar refractivity (Wildman–Crippen MR) is 47.8 cm³/mol. The molecule has 2 aromatic rings. The fraction of sp³-hybridized carbons (Fsp3) is 0.222. The highest BCUT2D eigenvalue weighted by atomic mass is 19.1. The molecule has 0 aromatic carbocycles. The Hall–Kier alpha value is -1.42. The van der Waals surface area contributed by atoms with Crippen molar-refractivity contribution in [1.82, 2.24) is 9.38 Å². The molecular weight excluding hydrogens is 169 g/mol. The second-order valence-electron chi connectivity index (χ2n) is 2.92. The fourth-order valence-corrected chi connectivity index (χ4v) is 1.38. The molecule has 0 aliphatic rings. The first-order valence-electron chi connectivity index (χ1n) is 4.05. The van der Waals surface area contributed by atoms with Gasteiger partial charge in [0.25, 0.3) is 0 Å². The van der Waals surface area contributed by atoms with Crippen molar-refractivity contribution >= 4 is 5.65 Å². The van der Waals surface area contributed by atoms with E-state index in [0.29, 0.717) is 12.2 Å². The summed E-state index contributed by atoms with van der Waals surface area (Å²) in [6, 6.07) is 2.80. The summed E-state index contributed by atoms with van der Waals surface area (Å²) in [5.41, 5.74) is 7.87. The van der Waals surface area contributed by atoms with E-state index < -0.39 is 0 Å². The van der Waals surface area contributed by atoms with Crippen LogP contribution < -0.4 is 5.73 Å². The van der Waals surface area contributed by atoms with E-state index in [9.17, 15) is 4.39 Å². The number of aromatic nitrogens is 2. The van der Waals surface area contributed by atoms with Gasteiger partial charge in [0.15, 0.2) is 0 Å². The Balaban J connectivity index is 2.76. The lowest BCUT2D eigenvalue weighted by molar-refractivity contribution is 0.626.